The number of methoxy groups -OCH3 is 1. The Morgan fingerprint density at radius 3 is 2.69 bits per heavy atom. The van der Waals surface area contributed by atoms with Gasteiger partial charge in [-0.2, -0.15) is 0 Å². The molecule has 0 spiro atoms. The zero-order chi connectivity index (χ0) is 27.7. The largest absolute Gasteiger partial charge is 0.506 e. The number of aromatic hydroxyl groups is 1. The summed E-state index contributed by atoms with van der Waals surface area (Å²) >= 11 is 0. The fourth-order valence-electron chi connectivity index (χ4n) is 4.26. The summed E-state index contributed by atoms with van der Waals surface area (Å²) in [5.74, 6) is -0.781. The van der Waals surface area contributed by atoms with Crippen molar-refractivity contribution in [1.29, 1.82) is 0 Å². The normalized spacial score (nSPS) is 19.0. The van der Waals surface area contributed by atoms with Gasteiger partial charge in [0.2, 0.25) is 21.9 Å². The molecule has 15 heteroatoms. The van der Waals surface area contributed by atoms with Gasteiger partial charge in [-0.15, -0.1) is 10.2 Å². The number of allylic oxidation sites excluding steroid dienone is 1. The van der Waals surface area contributed by atoms with Gasteiger partial charge in [-0.05, 0) is 31.2 Å². The third-order valence-electron chi connectivity index (χ3n) is 6.01. The predicted octanol–water partition coefficient (Wildman–Crippen LogP) is 1.42. The second-order valence-electron chi connectivity index (χ2n) is 8.79. The molecule has 0 aliphatic carbocycles. The number of β-amino-alcohol motifs (C(OH)–C–C–N with tert-alkyl or cyclic N) is 1. The lowest BCUT2D eigenvalue weighted by atomic mass is 10.1. The molecule has 3 aromatic rings. The van der Waals surface area contributed by atoms with E-state index < -0.39 is 27.2 Å². The zero-order valence-corrected chi connectivity index (χ0v) is 21.6. The molecule has 0 bridgehead atoms. The summed E-state index contributed by atoms with van der Waals surface area (Å²) in [6.07, 6.45) is 2.42. The number of aliphatic hydroxyl groups is 1. The number of sulfonamides is 1. The number of piperidine rings is 1. The van der Waals surface area contributed by atoms with Gasteiger partial charge in [-0.1, -0.05) is 11.8 Å². The minimum atomic E-state index is -4.22. The highest BCUT2D eigenvalue weighted by atomic mass is 32.2. The second kappa shape index (κ2) is 10.3. The number of hydrogen-bond acceptors (Lipinski definition) is 11. The predicted molar refractivity (Wildman–Crippen MR) is 139 cm³/mol. The van der Waals surface area contributed by atoms with Gasteiger partial charge in [0.25, 0.3) is 0 Å². The van der Waals surface area contributed by atoms with Crippen LogP contribution < -0.4 is 14.4 Å². The van der Waals surface area contributed by atoms with Gasteiger partial charge < -0.3 is 19.8 Å². The van der Waals surface area contributed by atoms with Crippen molar-refractivity contribution in [1.82, 2.24) is 24.7 Å². The third kappa shape index (κ3) is 5.24. The van der Waals surface area contributed by atoms with Crippen LogP contribution in [-0.2, 0) is 10.0 Å². The van der Waals surface area contributed by atoms with E-state index >= 15 is 0 Å². The molecule has 202 valence electrons. The van der Waals surface area contributed by atoms with Crippen LogP contribution in [0.3, 0.4) is 0 Å². The molecule has 0 unspecified atom stereocenters. The maximum absolute atomic E-state index is 13.6. The van der Waals surface area contributed by atoms with E-state index in [1.165, 1.54) is 22.6 Å². The first kappa shape index (κ1) is 26.1. The van der Waals surface area contributed by atoms with E-state index in [-0.39, 0.29) is 60.1 Å². The number of benzene rings is 1. The number of aliphatic hydroxyl groups excluding tert-OH is 1. The van der Waals surface area contributed by atoms with Crippen molar-refractivity contribution < 1.29 is 27.8 Å². The highest BCUT2D eigenvalue weighted by molar-refractivity contribution is 7.93. The first-order valence-corrected chi connectivity index (χ1v) is 13.2. The Morgan fingerprint density at radius 2 is 1.97 bits per heavy atom. The number of halogens is 1. The van der Waals surface area contributed by atoms with Crippen LogP contribution >= 0.6 is 0 Å². The molecule has 13 nitrogen and oxygen atoms in total. The summed E-state index contributed by atoms with van der Waals surface area (Å²) in [7, 11) is -2.83. The number of para-hydroxylation sites is 1. The van der Waals surface area contributed by atoms with Gasteiger partial charge >= 0.3 is 0 Å². The average Bonchev–Trinajstić information content (AvgIpc) is 3.30. The molecule has 0 saturated carbocycles. The molecule has 39 heavy (non-hydrogen) atoms. The van der Waals surface area contributed by atoms with E-state index in [1.54, 1.807) is 25.1 Å². The van der Waals surface area contributed by atoms with Gasteiger partial charge in [0.15, 0.2) is 17.3 Å². The number of ether oxygens (including phenoxy) is 1. The lowest BCUT2D eigenvalue weighted by Gasteiger charge is -2.35. The SMILES string of the molecule is COc1cccc(O)c1-n1c(NS(=O)(=O)[C@@H]2C[C@H](O)CN(c3ncc(F)cn3)C2)nnc1C1=C=C=CC(C)=N1. The fraction of sp³-hybridized carbons (Fsp3) is 0.292. The minimum absolute atomic E-state index is 0.0671. The summed E-state index contributed by atoms with van der Waals surface area (Å²) in [5.41, 5.74) is 6.51. The van der Waals surface area contributed by atoms with Crippen molar-refractivity contribution in [3.05, 3.63) is 59.8 Å². The van der Waals surface area contributed by atoms with Gasteiger partial charge in [0.05, 0.1) is 25.6 Å². The maximum Gasteiger partial charge on any atom is 0.243 e. The Bertz CT molecular complexity index is 1660. The molecule has 4 heterocycles. The topological polar surface area (TPSA) is 168 Å². The van der Waals surface area contributed by atoms with Crippen molar-refractivity contribution >= 4 is 33.3 Å². The summed E-state index contributed by atoms with van der Waals surface area (Å²) in [6, 6.07) is 4.54. The van der Waals surface area contributed by atoms with Crippen molar-refractivity contribution in [2.75, 3.05) is 29.8 Å². The molecule has 0 radical (unpaired) electrons. The molecular formula is C24H23FN8O5S. The summed E-state index contributed by atoms with van der Waals surface area (Å²) < 4.78 is 49.6. The number of nitrogens with zero attached hydrogens (tertiary/aromatic N) is 7. The summed E-state index contributed by atoms with van der Waals surface area (Å²) in [5, 5.41) is 28.2. The Labute approximate surface area is 222 Å². The standard InChI is InChI=1S/C24H23FN8O5S/c1-14-5-3-6-18(28-14)22-29-30-24(33(22)21-19(35)7-4-8-20(21)38-2)31-39(36,37)17-9-16(34)12-32(13-17)23-26-10-15(25)11-27-23/h4-5,7-8,10-11,16-17,34-35H,9,12-13H2,1-2H3,(H,30,31)/t16-,17+/m0/s1. The molecule has 1 fully saturated rings. The van der Waals surface area contributed by atoms with Gasteiger partial charge in [-0.3, -0.25) is 9.29 Å². The minimum Gasteiger partial charge on any atom is -0.506 e. The average molecular weight is 555 g/mol. The summed E-state index contributed by atoms with van der Waals surface area (Å²) in [6.45, 7) is 1.73. The van der Waals surface area contributed by atoms with E-state index in [2.05, 4.69) is 41.3 Å². The highest BCUT2D eigenvalue weighted by Crippen LogP contribution is 2.36. The molecule has 1 saturated heterocycles. The lowest BCUT2D eigenvalue weighted by Crippen LogP contribution is -2.50. The van der Waals surface area contributed by atoms with E-state index in [1.807, 2.05) is 0 Å². The Balaban J connectivity index is 1.55. The zero-order valence-electron chi connectivity index (χ0n) is 20.8. The number of rotatable bonds is 7. The number of nitrogens with one attached hydrogen (secondary N) is 1. The third-order valence-corrected chi connectivity index (χ3v) is 7.69. The molecule has 2 aliphatic heterocycles. The van der Waals surface area contributed by atoms with Crippen molar-refractivity contribution in [3.8, 4) is 17.2 Å². The highest BCUT2D eigenvalue weighted by Gasteiger charge is 2.37. The Morgan fingerprint density at radius 1 is 1.21 bits per heavy atom. The lowest BCUT2D eigenvalue weighted by molar-refractivity contribution is 0.154. The van der Waals surface area contributed by atoms with Crippen LogP contribution in [0.25, 0.3) is 11.4 Å². The molecular weight excluding hydrogens is 531 g/mol. The number of anilines is 2. The van der Waals surface area contributed by atoms with Crippen LogP contribution in [-0.4, -0.2) is 80.6 Å². The molecule has 5 rings (SSSR count). The van der Waals surface area contributed by atoms with Crippen LogP contribution in [0.4, 0.5) is 16.3 Å². The van der Waals surface area contributed by atoms with Crippen LogP contribution in [0.1, 0.15) is 19.2 Å². The Hall–Kier alpha value is -4.55. The smallest absolute Gasteiger partial charge is 0.243 e. The van der Waals surface area contributed by atoms with E-state index in [9.17, 15) is 23.0 Å². The van der Waals surface area contributed by atoms with Gasteiger partial charge in [0, 0.05) is 24.9 Å². The molecule has 2 aromatic heterocycles. The number of phenols is 1. The monoisotopic (exact) mass is 554 g/mol. The number of phenolic OH excluding ortho intramolecular Hbond substituents is 1. The van der Waals surface area contributed by atoms with Gasteiger partial charge in [0.1, 0.15) is 22.4 Å². The Kier molecular flexibility index (Phi) is 6.89. The van der Waals surface area contributed by atoms with Crippen LogP contribution in [0.2, 0.25) is 0 Å². The van der Waals surface area contributed by atoms with E-state index in [0.717, 1.165) is 12.4 Å². The number of aromatic nitrogens is 5. The van der Waals surface area contributed by atoms with Crippen LogP contribution in [0.15, 0.2) is 53.1 Å². The maximum atomic E-state index is 13.6. The second-order valence-corrected chi connectivity index (χ2v) is 10.8. The van der Waals surface area contributed by atoms with Crippen molar-refractivity contribution in [3.63, 3.8) is 0 Å². The van der Waals surface area contributed by atoms with Crippen molar-refractivity contribution in [2.45, 2.75) is 24.7 Å². The molecule has 1 aromatic carbocycles. The van der Waals surface area contributed by atoms with Crippen LogP contribution in [0, 0.1) is 5.82 Å². The van der Waals surface area contributed by atoms with Crippen molar-refractivity contribution in [2.24, 2.45) is 4.99 Å². The molecule has 2 aliphatic rings. The fourth-order valence-corrected chi connectivity index (χ4v) is 5.67. The number of aliphatic imine (C=N–C) groups is 1. The molecule has 2 atom stereocenters. The quantitative estimate of drug-likeness (QED) is 0.363. The first-order valence-electron chi connectivity index (χ1n) is 11.7. The van der Waals surface area contributed by atoms with Crippen LogP contribution in [0.5, 0.6) is 11.5 Å². The van der Waals surface area contributed by atoms with E-state index in [4.69, 9.17) is 4.74 Å². The molecule has 3 N–H and O–H groups in total. The summed E-state index contributed by atoms with van der Waals surface area (Å²) in [4.78, 5) is 13.6. The first-order chi connectivity index (χ1) is 18.7. The van der Waals surface area contributed by atoms with E-state index in [0.29, 0.717) is 5.71 Å². The number of hydrogen-bond donors (Lipinski definition) is 3. The van der Waals surface area contributed by atoms with Gasteiger partial charge in [-0.25, -0.2) is 27.8 Å². The molecule has 0 amide bonds.